The number of hydrogen-bond acceptors (Lipinski definition) is 2. The van der Waals surface area contributed by atoms with E-state index in [1.165, 1.54) is 0 Å². The van der Waals surface area contributed by atoms with E-state index in [4.69, 9.17) is 4.74 Å². The van der Waals surface area contributed by atoms with Gasteiger partial charge >= 0.3 is 0 Å². The van der Waals surface area contributed by atoms with Crippen molar-refractivity contribution in [2.45, 2.75) is 32.5 Å². The molecule has 1 N–H and O–H groups in total. The van der Waals surface area contributed by atoms with Gasteiger partial charge in [0, 0.05) is 12.2 Å². The fourth-order valence-electron chi connectivity index (χ4n) is 1.55. The molecular weight excluding hydrogens is 214 g/mol. The Morgan fingerprint density at radius 2 is 2.00 bits per heavy atom. The van der Waals surface area contributed by atoms with Crippen LogP contribution in [0.15, 0.2) is 18.2 Å². The van der Waals surface area contributed by atoms with Gasteiger partial charge < -0.3 is 9.84 Å². The van der Waals surface area contributed by atoms with Crippen LogP contribution < -0.4 is 0 Å². The highest BCUT2D eigenvalue weighted by Crippen LogP contribution is 2.30. The molecule has 0 aromatic heterocycles. The van der Waals surface area contributed by atoms with Crippen molar-refractivity contribution in [3.05, 3.63) is 35.4 Å². The van der Waals surface area contributed by atoms with Crippen molar-refractivity contribution in [2.75, 3.05) is 6.61 Å². The quantitative estimate of drug-likeness (QED) is 0.861. The molecule has 1 rings (SSSR count). The first-order valence-corrected chi connectivity index (χ1v) is 5.15. The average molecular weight is 230 g/mol. The first-order chi connectivity index (χ1) is 7.38. The van der Waals surface area contributed by atoms with Crippen LogP contribution in [0.25, 0.3) is 0 Å². The van der Waals surface area contributed by atoms with Crippen LogP contribution in [0.2, 0.25) is 0 Å². The summed E-state index contributed by atoms with van der Waals surface area (Å²) in [6.45, 7) is 5.43. The van der Waals surface area contributed by atoms with E-state index in [1.807, 2.05) is 0 Å². The van der Waals surface area contributed by atoms with E-state index >= 15 is 0 Å². The lowest BCUT2D eigenvalue weighted by Gasteiger charge is -2.30. The summed E-state index contributed by atoms with van der Waals surface area (Å²) >= 11 is 0. The average Bonchev–Trinajstić information content (AvgIpc) is 2.20. The lowest BCUT2D eigenvalue weighted by molar-refractivity contribution is -0.0995. The zero-order valence-electron chi connectivity index (χ0n) is 9.63. The zero-order chi connectivity index (χ0) is 12.3. The number of hydrogen-bond donors (Lipinski definition) is 1. The van der Waals surface area contributed by atoms with Gasteiger partial charge in [-0.25, -0.2) is 8.78 Å². The lowest BCUT2D eigenvalue weighted by atomic mass is 9.94. The van der Waals surface area contributed by atoms with Crippen LogP contribution >= 0.6 is 0 Å². The molecule has 0 saturated carbocycles. The highest BCUT2D eigenvalue weighted by atomic mass is 19.1. The van der Waals surface area contributed by atoms with E-state index in [-0.39, 0.29) is 5.56 Å². The molecular formula is C12H16F2O2. The largest absolute Gasteiger partial charge is 0.385 e. The van der Waals surface area contributed by atoms with Crippen molar-refractivity contribution >= 4 is 0 Å². The molecule has 0 bridgehead atoms. The van der Waals surface area contributed by atoms with Crippen LogP contribution in [0.3, 0.4) is 0 Å². The first kappa shape index (κ1) is 13.1. The van der Waals surface area contributed by atoms with E-state index in [0.717, 1.165) is 18.2 Å². The summed E-state index contributed by atoms with van der Waals surface area (Å²) in [6, 6.07) is 3.00. The van der Waals surface area contributed by atoms with Crippen molar-refractivity contribution < 1.29 is 18.6 Å². The van der Waals surface area contributed by atoms with Gasteiger partial charge in [-0.15, -0.1) is 0 Å². The Bertz CT molecular complexity index is 364. The van der Waals surface area contributed by atoms with Gasteiger partial charge in [-0.3, -0.25) is 0 Å². The Morgan fingerprint density at radius 1 is 1.38 bits per heavy atom. The smallest absolute Gasteiger partial charge is 0.129 e. The highest BCUT2D eigenvalue weighted by molar-refractivity contribution is 5.23. The number of rotatable bonds is 4. The predicted molar refractivity (Wildman–Crippen MR) is 57.0 cm³/mol. The molecule has 0 radical (unpaired) electrons. The van der Waals surface area contributed by atoms with Gasteiger partial charge in [0.1, 0.15) is 17.7 Å². The molecule has 90 valence electrons. The normalized spacial score (nSPS) is 13.9. The minimum absolute atomic E-state index is 0.0848. The van der Waals surface area contributed by atoms with Gasteiger partial charge in [-0.1, -0.05) is 0 Å². The fraction of sp³-hybridized carbons (Fsp3) is 0.500. The van der Waals surface area contributed by atoms with E-state index in [1.54, 1.807) is 20.8 Å². The maximum absolute atomic E-state index is 13.4. The summed E-state index contributed by atoms with van der Waals surface area (Å²) in [4.78, 5) is 0. The molecule has 4 heteroatoms. The maximum atomic E-state index is 13.4. The van der Waals surface area contributed by atoms with Crippen LogP contribution in [-0.4, -0.2) is 17.3 Å². The summed E-state index contributed by atoms with van der Waals surface area (Å²) in [5.74, 6) is -1.22. The second kappa shape index (κ2) is 4.89. The van der Waals surface area contributed by atoms with Gasteiger partial charge in [-0.2, -0.15) is 0 Å². The third-order valence-electron chi connectivity index (χ3n) is 2.43. The summed E-state index contributed by atoms with van der Waals surface area (Å²) in [7, 11) is 0. The van der Waals surface area contributed by atoms with Crippen LogP contribution in [-0.2, 0) is 4.74 Å². The van der Waals surface area contributed by atoms with Gasteiger partial charge in [0.05, 0.1) is 5.60 Å². The number of aliphatic hydroxyl groups is 1. The van der Waals surface area contributed by atoms with Crippen LogP contribution in [0.1, 0.15) is 32.4 Å². The summed E-state index contributed by atoms with van der Waals surface area (Å²) in [5, 5.41) is 9.95. The number of halogens is 2. The molecule has 1 atom stereocenters. The second-order valence-corrected chi connectivity index (χ2v) is 4.10. The standard InChI is InChI=1S/C12H16F2O2/c1-4-16-12(2,3)11(15)9-7-8(13)5-6-10(9)14/h5-7,11,15H,4H2,1-3H3. The van der Waals surface area contributed by atoms with Crippen molar-refractivity contribution in [1.29, 1.82) is 0 Å². The number of benzene rings is 1. The number of aliphatic hydroxyl groups excluding tert-OH is 1. The molecule has 0 aliphatic rings. The maximum Gasteiger partial charge on any atom is 0.129 e. The van der Waals surface area contributed by atoms with E-state index < -0.39 is 23.3 Å². The SMILES string of the molecule is CCOC(C)(C)C(O)c1cc(F)ccc1F. The molecule has 0 aliphatic carbocycles. The van der Waals surface area contributed by atoms with E-state index in [0.29, 0.717) is 6.61 Å². The molecule has 16 heavy (non-hydrogen) atoms. The van der Waals surface area contributed by atoms with Gasteiger partial charge in [0.2, 0.25) is 0 Å². The van der Waals surface area contributed by atoms with Crippen molar-refractivity contribution in [2.24, 2.45) is 0 Å². The third kappa shape index (κ3) is 2.77. The molecule has 0 aliphatic heterocycles. The third-order valence-corrected chi connectivity index (χ3v) is 2.43. The minimum atomic E-state index is -1.21. The second-order valence-electron chi connectivity index (χ2n) is 4.10. The predicted octanol–water partition coefficient (Wildman–Crippen LogP) is 2.81. The Hall–Kier alpha value is -1.00. The summed E-state index contributed by atoms with van der Waals surface area (Å²) in [6.07, 6.45) is -1.21. The van der Waals surface area contributed by atoms with Crippen molar-refractivity contribution in [3.8, 4) is 0 Å². The number of ether oxygens (including phenoxy) is 1. The Labute approximate surface area is 93.9 Å². The van der Waals surface area contributed by atoms with E-state index in [9.17, 15) is 13.9 Å². The fourth-order valence-corrected chi connectivity index (χ4v) is 1.55. The van der Waals surface area contributed by atoms with Gasteiger partial charge in [-0.05, 0) is 39.0 Å². The lowest BCUT2D eigenvalue weighted by Crippen LogP contribution is -2.33. The van der Waals surface area contributed by atoms with Crippen LogP contribution in [0, 0.1) is 11.6 Å². The molecule has 0 heterocycles. The Morgan fingerprint density at radius 3 is 2.56 bits per heavy atom. The molecule has 1 unspecified atom stereocenters. The molecule has 2 nitrogen and oxygen atoms in total. The molecule has 0 amide bonds. The summed E-state index contributed by atoms with van der Waals surface area (Å²) in [5.41, 5.74) is -1.04. The minimum Gasteiger partial charge on any atom is -0.385 e. The summed E-state index contributed by atoms with van der Waals surface area (Å²) < 4.78 is 31.7. The van der Waals surface area contributed by atoms with Crippen molar-refractivity contribution in [3.63, 3.8) is 0 Å². The Kier molecular flexibility index (Phi) is 3.99. The molecule has 0 fully saturated rings. The molecule has 0 saturated heterocycles. The Balaban J connectivity index is 3.03. The van der Waals surface area contributed by atoms with E-state index in [2.05, 4.69) is 0 Å². The molecule has 1 aromatic carbocycles. The van der Waals surface area contributed by atoms with Crippen LogP contribution in [0.5, 0.6) is 0 Å². The molecule has 1 aromatic rings. The highest BCUT2D eigenvalue weighted by Gasteiger charge is 2.31. The zero-order valence-corrected chi connectivity index (χ0v) is 9.63. The van der Waals surface area contributed by atoms with Gasteiger partial charge in [0.25, 0.3) is 0 Å². The topological polar surface area (TPSA) is 29.5 Å². The van der Waals surface area contributed by atoms with Gasteiger partial charge in [0.15, 0.2) is 0 Å². The van der Waals surface area contributed by atoms with Crippen LogP contribution in [0.4, 0.5) is 8.78 Å². The van der Waals surface area contributed by atoms with Crippen molar-refractivity contribution in [1.82, 2.24) is 0 Å². The monoisotopic (exact) mass is 230 g/mol. The first-order valence-electron chi connectivity index (χ1n) is 5.15. The molecule has 0 spiro atoms.